The molecule has 0 radical (unpaired) electrons. The molecule has 0 aliphatic carbocycles. The molecule has 4 rings (SSSR count). The highest BCUT2D eigenvalue weighted by molar-refractivity contribution is 9.10. The van der Waals surface area contributed by atoms with Crippen molar-refractivity contribution in [3.05, 3.63) is 26.5 Å². The van der Waals surface area contributed by atoms with Crippen LogP contribution in [0.15, 0.2) is 10.5 Å². The van der Waals surface area contributed by atoms with Gasteiger partial charge in [0.05, 0.1) is 22.4 Å². The van der Waals surface area contributed by atoms with Gasteiger partial charge in [-0.2, -0.15) is 23.1 Å². The Bertz CT molecular complexity index is 1100. The van der Waals surface area contributed by atoms with Gasteiger partial charge in [-0.25, -0.2) is 9.18 Å². The molecule has 1 N–H and O–H groups in total. The number of benzene rings is 1. The van der Waals surface area contributed by atoms with Crippen LogP contribution < -0.4 is 9.64 Å². The van der Waals surface area contributed by atoms with Crippen LogP contribution in [0.25, 0.3) is 10.9 Å². The number of rotatable bonds is 4. The number of hydrogen-bond donors (Lipinski definition) is 1. The number of nitro groups is 1. The maximum absolute atomic E-state index is 14.9. The van der Waals surface area contributed by atoms with Crippen molar-refractivity contribution < 1.29 is 37.1 Å². The molecule has 172 valence electrons. The van der Waals surface area contributed by atoms with Crippen LogP contribution >= 0.6 is 15.9 Å². The molecule has 10 nitrogen and oxygen atoms in total. The van der Waals surface area contributed by atoms with Crippen molar-refractivity contribution in [3.8, 4) is 6.01 Å². The monoisotopic (exact) mass is 523 g/mol. The summed E-state index contributed by atoms with van der Waals surface area (Å²) in [5.74, 6) is -1.22. The van der Waals surface area contributed by atoms with E-state index in [2.05, 4.69) is 30.6 Å². The van der Waals surface area contributed by atoms with Gasteiger partial charge in [0.2, 0.25) is 0 Å². The van der Waals surface area contributed by atoms with Gasteiger partial charge >= 0.3 is 18.3 Å². The number of carbonyl (C=O) groups is 1. The summed E-state index contributed by atoms with van der Waals surface area (Å²) in [4.78, 5) is 32.6. The maximum Gasteiger partial charge on any atom is 0.422 e. The number of aromatic nitrogens is 2. The molecule has 0 saturated carbocycles. The number of piperazine rings is 1. The zero-order valence-electron chi connectivity index (χ0n) is 16.0. The molecule has 2 aromatic rings. The van der Waals surface area contributed by atoms with E-state index in [1.807, 2.05) is 0 Å². The first kappa shape index (κ1) is 22.2. The molecule has 0 unspecified atom stereocenters. The Morgan fingerprint density at radius 3 is 2.47 bits per heavy atom. The molecule has 2 aliphatic heterocycles. The van der Waals surface area contributed by atoms with E-state index in [4.69, 9.17) is 0 Å². The smallest absolute Gasteiger partial charge is 0.422 e. The number of halogens is 5. The molecule has 2 saturated heterocycles. The summed E-state index contributed by atoms with van der Waals surface area (Å²) in [6, 6.07) is -0.550. The van der Waals surface area contributed by atoms with Gasteiger partial charge in [-0.15, -0.1) is 0 Å². The second-order valence-corrected chi connectivity index (χ2v) is 8.18. The topological polar surface area (TPSA) is 122 Å². The number of ether oxygens (including phenoxy) is 1. The van der Waals surface area contributed by atoms with Gasteiger partial charge in [-0.3, -0.25) is 15.0 Å². The molecule has 1 amide bonds. The van der Waals surface area contributed by atoms with Crippen LogP contribution in [-0.2, 0) is 0 Å². The molecule has 2 aliphatic rings. The average Bonchev–Trinajstić information content (AvgIpc) is 2.98. The third kappa shape index (κ3) is 3.96. The SMILES string of the molecule is O=C(O)N1[C@@H]2CC[C@H]1CN(c1nc(OCC(F)(F)F)nc3c(F)c(Br)c([N+](=O)[O-])cc13)C2. The zero-order valence-corrected chi connectivity index (χ0v) is 17.6. The van der Waals surface area contributed by atoms with Crippen molar-refractivity contribution in [3.63, 3.8) is 0 Å². The van der Waals surface area contributed by atoms with Gasteiger partial charge in [0, 0.05) is 19.2 Å². The van der Waals surface area contributed by atoms with Crippen LogP contribution in [0.5, 0.6) is 6.01 Å². The summed E-state index contributed by atoms with van der Waals surface area (Å²) in [5.41, 5.74) is -1.08. The summed E-state index contributed by atoms with van der Waals surface area (Å²) < 4.78 is 56.9. The summed E-state index contributed by atoms with van der Waals surface area (Å²) in [6.07, 6.45) is -4.66. The van der Waals surface area contributed by atoms with Gasteiger partial charge in [-0.1, -0.05) is 0 Å². The van der Waals surface area contributed by atoms with E-state index in [1.165, 1.54) is 4.90 Å². The van der Waals surface area contributed by atoms with Crippen molar-refractivity contribution in [2.75, 3.05) is 24.6 Å². The number of fused-ring (bicyclic) bond motifs is 3. The summed E-state index contributed by atoms with van der Waals surface area (Å²) in [6.45, 7) is -1.47. The normalized spacial score (nSPS) is 20.7. The summed E-state index contributed by atoms with van der Waals surface area (Å²) >= 11 is 2.79. The van der Waals surface area contributed by atoms with Gasteiger partial charge in [0.15, 0.2) is 12.4 Å². The standard InChI is InChI=1S/C17H14BrF4N5O5/c18-11-10(27(30)31)3-9-13(12(11)19)23-15(32-6-17(20,21)22)24-14(9)25-4-7-1-2-8(5-25)26(7)16(28)29/h3,7-8H,1-2,4-6H2,(H,28,29)/t7-,8+. The minimum Gasteiger partial charge on any atom is -0.465 e. The number of hydrogen-bond acceptors (Lipinski definition) is 7. The molecule has 0 spiro atoms. The number of nitro benzene ring substituents is 1. The highest BCUT2D eigenvalue weighted by atomic mass is 79.9. The Balaban J connectivity index is 1.84. The molecule has 32 heavy (non-hydrogen) atoms. The fourth-order valence-electron chi connectivity index (χ4n) is 4.13. The second-order valence-electron chi connectivity index (χ2n) is 7.39. The predicted octanol–water partition coefficient (Wildman–Crippen LogP) is 3.71. The van der Waals surface area contributed by atoms with E-state index in [-0.39, 0.29) is 24.3 Å². The van der Waals surface area contributed by atoms with Crippen molar-refractivity contribution in [1.82, 2.24) is 14.9 Å². The van der Waals surface area contributed by atoms with Crippen LogP contribution in [0.4, 0.5) is 33.9 Å². The summed E-state index contributed by atoms with van der Waals surface area (Å²) in [7, 11) is 0. The highest BCUT2D eigenvalue weighted by Gasteiger charge is 2.43. The van der Waals surface area contributed by atoms with Crippen molar-refractivity contribution in [2.24, 2.45) is 0 Å². The largest absolute Gasteiger partial charge is 0.465 e. The highest BCUT2D eigenvalue weighted by Crippen LogP contribution is 2.40. The molecule has 15 heteroatoms. The van der Waals surface area contributed by atoms with E-state index >= 15 is 0 Å². The lowest BCUT2D eigenvalue weighted by Gasteiger charge is -2.40. The Morgan fingerprint density at radius 2 is 1.94 bits per heavy atom. The molecule has 1 aromatic carbocycles. The number of alkyl halides is 3. The zero-order chi connectivity index (χ0) is 23.4. The predicted molar refractivity (Wildman–Crippen MR) is 104 cm³/mol. The molecular formula is C17H14BrF4N5O5. The van der Waals surface area contributed by atoms with Gasteiger partial charge in [0.25, 0.3) is 5.69 Å². The molecule has 1 aromatic heterocycles. The molecule has 2 bridgehead atoms. The van der Waals surface area contributed by atoms with Gasteiger partial charge in [-0.05, 0) is 28.8 Å². The summed E-state index contributed by atoms with van der Waals surface area (Å²) in [5, 5.41) is 20.7. The third-order valence-corrected chi connectivity index (χ3v) is 6.13. The van der Waals surface area contributed by atoms with Crippen molar-refractivity contribution in [2.45, 2.75) is 31.1 Å². The first-order chi connectivity index (χ1) is 15.0. The van der Waals surface area contributed by atoms with E-state index in [0.29, 0.717) is 12.8 Å². The Hall–Kier alpha value is -2.97. The molecule has 3 heterocycles. The van der Waals surface area contributed by atoms with Crippen LogP contribution in [-0.4, -0.2) is 68.9 Å². The van der Waals surface area contributed by atoms with Crippen molar-refractivity contribution >= 4 is 44.4 Å². The first-order valence-electron chi connectivity index (χ1n) is 9.26. The van der Waals surface area contributed by atoms with Crippen LogP contribution in [0.3, 0.4) is 0 Å². The van der Waals surface area contributed by atoms with E-state index in [1.54, 1.807) is 4.90 Å². The molecule has 2 atom stereocenters. The second kappa shape index (κ2) is 7.86. The van der Waals surface area contributed by atoms with Crippen LogP contribution in [0.1, 0.15) is 12.8 Å². The quantitative estimate of drug-likeness (QED) is 0.365. The van der Waals surface area contributed by atoms with Gasteiger partial charge in [0.1, 0.15) is 15.8 Å². The van der Waals surface area contributed by atoms with Crippen molar-refractivity contribution in [1.29, 1.82) is 0 Å². The first-order valence-corrected chi connectivity index (χ1v) is 10.1. The Labute approximate surface area is 185 Å². The van der Waals surface area contributed by atoms with E-state index in [9.17, 15) is 37.6 Å². The maximum atomic E-state index is 14.9. The van der Waals surface area contributed by atoms with Gasteiger partial charge < -0.3 is 14.7 Å². The fraction of sp³-hybridized carbons (Fsp3) is 0.471. The average molecular weight is 524 g/mol. The number of anilines is 1. The number of nitrogens with zero attached hydrogens (tertiary/aromatic N) is 5. The third-order valence-electron chi connectivity index (χ3n) is 5.38. The minimum absolute atomic E-state index is 0.0661. The van der Waals surface area contributed by atoms with E-state index < -0.39 is 63.4 Å². The molecule has 2 fully saturated rings. The number of amides is 1. The lowest BCUT2D eigenvalue weighted by Crippen LogP contribution is -2.55. The minimum atomic E-state index is -4.70. The number of carboxylic acid groups (broad SMARTS) is 1. The fourth-order valence-corrected chi connectivity index (χ4v) is 4.57. The Morgan fingerprint density at radius 1 is 1.31 bits per heavy atom. The Kier molecular flexibility index (Phi) is 5.46. The lowest BCUT2D eigenvalue weighted by atomic mass is 10.1. The lowest BCUT2D eigenvalue weighted by molar-refractivity contribution is -0.385. The molecular weight excluding hydrogens is 510 g/mol. The van der Waals surface area contributed by atoms with Crippen LogP contribution in [0.2, 0.25) is 0 Å². The van der Waals surface area contributed by atoms with E-state index in [0.717, 1.165) is 6.07 Å². The van der Waals surface area contributed by atoms with Crippen LogP contribution in [0, 0.1) is 15.9 Å².